The predicted octanol–water partition coefficient (Wildman–Crippen LogP) is 4.65. The molecule has 25 heavy (non-hydrogen) atoms. The van der Waals surface area contributed by atoms with Gasteiger partial charge in [-0.3, -0.25) is 9.59 Å². The fourth-order valence-electron chi connectivity index (χ4n) is 2.67. The zero-order valence-corrected chi connectivity index (χ0v) is 14.3. The van der Waals surface area contributed by atoms with E-state index in [9.17, 15) is 9.59 Å². The van der Waals surface area contributed by atoms with Crippen molar-refractivity contribution in [2.75, 3.05) is 5.32 Å². The maximum absolute atomic E-state index is 12.7. The second-order valence-corrected chi connectivity index (χ2v) is 6.79. The van der Waals surface area contributed by atoms with E-state index in [4.69, 9.17) is 21.8 Å². The van der Waals surface area contributed by atoms with Crippen LogP contribution in [0.1, 0.15) is 20.2 Å². The van der Waals surface area contributed by atoms with Gasteiger partial charge in [-0.1, -0.05) is 41.9 Å². The minimum atomic E-state index is -0.756. The third-order valence-corrected chi connectivity index (χ3v) is 5.47. The van der Waals surface area contributed by atoms with Crippen molar-refractivity contribution in [2.45, 2.75) is 0 Å². The lowest BCUT2D eigenvalue weighted by molar-refractivity contribution is 0.0977. The first-order valence-corrected chi connectivity index (χ1v) is 8.55. The van der Waals surface area contributed by atoms with Crippen LogP contribution in [0.2, 0.25) is 5.02 Å². The lowest BCUT2D eigenvalue weighted by atomic mass is 10.2. The summed E-state index contributed by atoms with van der Waals surface area (Å²) in [5, 5.41) is 4.52. The molecule has 0 atom stereocenters. The van der Waals surface area contributed by atoms with Crippen LogP contribution in [0, 0.1) is 0 Å². The molecule has 2 aromatic heterocycles. The number of carbonyl (C=O) groups excluding carboxylic acids is 2. The van der Waals surface area contributed by atoms with Crippen molar-refractivity contribution in [3.63, 3.8) is 0 Å². The number of nitrogens with two attached hydrogens (primary N) is 1. The van der Waals surface area contributed by atoms with Gasteiger partial charge < -0.3 is 15.5 Å². The maximum Gasteiger partial charge on any atom is 0.286 e. The highest BCUT2D eigenvalue weighted by Gasteiger charge is 2.23. The molecule has 0 aliphatic heterocycles. The third-order valence-electron chi connectivity index (χ3n) is 3.80. The SMILES string of the molecule is NC(=O)c1oc2ccccc2c1NC(=O)c1sc2ccccc2c1Cl. The summed E-state index contributed by atoms with van der Waals surface area (Å²) in [5.74, 6) is -1.26. The molecule has 0 radical (unpaired) electrons. The number of furan rings is 1. The molecule has 7 heteroatoms. The number of rotatable bonds is 3. The molecule has 4 rings (SSSR count). The lowest BCUT2D eigenvalue weighted by Gasteiger charge is -2.03. The molecule has 0 aliphatic carbocycles. The van der Waals surface area contributed by atoms with Crippen molar-refractivity contribution in [2.24, 2.45) is 5.73 Å². The topological polar surface area (TPSA) is 85.3 Å². The van der Waals surface area contributed by atoms with E-state index >= 15 is 0 Å². The zero-order chi connectivity index (χ0) is 17.6. The summed E-state index contributed by atoms with van der Waals surface area (Å²) in [7, 11) is 0. The molecule has 0 saturated heterocycles. The van der Waals surface area contributed by atoms with Gasteiger partial charge in [0, 0.05) is 15.5 Å². The van der Waals surface area contributed by atoms with Crippen LogP contribution in [0.3, 0.4) is 0 Å². The predicted molar refractivity (Wildman–Crippen MR) is 99.5 cm³/mol. The molecule has 2 amide bonds. The zero-order valence-electron chi connectivity index (χ0n) is 12.7. The van der Waals surface area contributed by atoms with E-state index in [2.05, 4.69) is 5.32 Å². The minimum absolute atomic E-state index is 0.0909. The molecule has 2 aromatic carbocycles. The molecule has 4 aromatic rings. The fraction of sp³-hybridized carbons (Fsp3) is 0. The standard InChI is InChI=1S/C18H11ClN2O3S/c19-13-10-6-2-4-8-12(10)25-16(13)18(23)21-14-9-5-1-3-7-11(9)24-15(14)17(20)22/h1-8H,(H2,20,22)(H,21,23). The van der Waals surface area contributed by atoms with E-state index < -0.39 is 11.8 Å². The normalized spacial score (nSPS) is 11.1. The number of carbonyl (C=O) groups is 2. The molecule has 5 nitrogen and oxygen atoms in total. The molecule has 0 aliphatic rings. The van der Waals surface area contributed by atoms with Crippen LogP contribution in [0.25, 0.3) is 21.1 Å². The number of thiophene rings is 1. The largest absolute Gasteiger partial charge is 0.449 e. The Morgan fingerprint density at radius 2 is 1.72 bits per heavy atom. The van der Waals surface area contributed by atoms with Gasteiger partial charge in [-0.25, -0.2) is 0 Å². The van der Waals surface area contributed by atoms with Gasteiger partial charge >= 0.3 is 0 Å². The summed E-state index contributed by atoms with van der Waals surface area (Å²) >= 11 is 7.63. The Hall–Kier alpha value is -2.83. The first kappa shape index (κ1) is 15.7. The molecular formula is C18H11ClN2O3S. The highest BCUT2D eigenvalue weighted by atomic mass is 35.5. The molecule has 124 valence electrons. The summed E-state index contributed by atoms with van der Waals surface area (Å²) in [6.07, 6.45) is 0. The lowest BCUT2D eigenvalue weighted by Crippen LogP contribution is -2.16. The van der Waals surface area contributed by atoms with Gasteiger partial charge in [-0.15, -0.1) is 11.3 Å². The van der Waals surface area contributed by atoms with Crippen molar-refractivity contribution in [3.05, 3.63) is 64.2 Å². The number of benzene rings is 2. The first-order chi connectivity index (χ1) is 12.1. The molecule has 0 spiro atoms. The molecule has 3 N–H and O–H groups in total. The summed E-state index contributed by atoms with van der Waals surface area (Å²) in [6, 6.07) is 14.5. The second-order valence-electron chi connectivity index (χ2n) is 5.36. The first-order valence-electron chi connectivity index (χ1n) is 7.36. The Morgan fingerprint density at radius 3 is 2.44 bits per heavy atom. The van der Waals surface area contributed by atoms with E-state index in [1.807, 2.05) is 24.3 Å². The quantitative estimate of drug-likeness (QED) is 0.550. The molecule has 0 saturated carbocycles. The Balaban J connectivity index is 1.80. The number of para-hydroxylation sites is 1. The average Bonchev–Trinajstić information content (AvgIpc) is 3.14. The van der Waals surface area contributed by atoms with Crippen LogP contribution in [0.5, 0.6) is 0 Å². The van der Waals surface area contributed by atoms with Crippen molar-refractivity contribution >= 4 is 61.5 Å². The highest BCUT2D eigenvalue weighted by Crippen LogP contribution is 2.37. The number of halogens is 1. The summed E-state index contributed by atoms with van der Waals surface area (Å²) in [6.45, 7) is 0. The molecule has 2 heterocycles. The monoisotopic (exact) mass is 370 g/mol. The number of fused-ring (bicyclic) bond motifs is 2. The number of primary amides is 1. The van der Waals surface area contributed by atoms with Crippen LogP contribution in [-0.4, -0.2) is 11.8 Å². The van der Waals surface area contributed by atoms with Crippen molar-refractivity contribution in [1.82, 2.24) is 0 Å². The number of hydrogen-bond donors (Lipinski definition) is 2. The Labute approximate surface area is 151 Å². The van der Waals surface area contributed by atoms with Gasteiger partial charge in [-0.05, 0) is 18.2 Å². The van der Waals surface area contributed by atoms with Crippen molar-refractivity contribution < 1.29 is 14.0 Å². The smallest absolute Gasteiger partial charge is 0.286 e. The van der Waals surface area contributed by atoms with Gasteiger partial charge in [0.1, 0.15) is 16.1 Å². The van der Waals surface area contributed by atoms with Gasteiger partial charge in [0.15, 0.2) is 0 Å². The van der Waals surface area contributed by atoms with Gasteiger partial charge in [0.2, 0.25) is 5.76 Å². The van der Waals surface area contributed by atoms with Crippen molar-refractivity contribution in [3.8, 4) is 0 Å². The number of amides is 2. The number of anilines is 1. The van der Waals surface area contributed by atoms with E-state index in [0.29, 0.717) is 20.9 Å². The number of hydrogen-bond acceptors (Lipinski definition) is 4. The summed E-state index contributed by atoms with van der Waals surface area (Å²) < 4.78 is 6.37. The fourth-order valence-corrected chi connectivity index (χ4v) is 4.09. The van der Waals surface area contributed by atoms with Crippen LogP contribution in [0.4, 0.5) is 5.69 Å². The molecule has 0 unspecified atom stereocenters. The third kappa shape index (κ3) is 2.56. The molecule has 0 bridgehead atoms. The van der Waals surface area contributed by atoms with Crippen LogP contribution < -0.4 is 11.1 Å². The maximum atomic E-state index is 12.7. The summed E-state index contributed by atoms with van der Waals surface area (Å²) in [4.78, 5) is 24.8. The number of nitrogens with one attached hydrogen (secondary N) is 1. The van der Waals surface area contributed by atoms with Crippen LogP contribution in [0.15, 0.2) is 52.9 Å². The van der Waals surface area contributed by atoms with E-state index in [-0.39, 0.29) is 11.4 Å². The van der Waals surface area contributed by atoms with Gasteiger partial charge in [-0.2, -0.15) is 0 Å². The van der Waals surface area contributed by atoms with E-state index in [0.717, 1.165) is 10.1 Å². The van der Waals surface area contributed by atoms with E-state index in [1.54, 1.807) is 24.3 Å². The molecular weight excluding hydrogens is 360 g/mol. The Bertz CT molecular complexity index is 1150. The van der Waals surface area contributed by atoms with Crippen molar-refractivity contribution in [1.29, 1.82) is 0 Å². The van der Waals surface area contributed by atoms with Gasteiger partial charge in [0.05, 0.1) is 5.02 Å². The molecule has 0 fully saturated rings. The minimum Gasteiger partial charge on any atom is -0.449 e. The second kappa shape index (κ2) is 5.91. The van der Waals surface area contributed by atoms with Crippen LogP contribution in [-0.2, 0) is 0 Å². The average molecular weight is 371 g/mol. The Morgan fingerprint density at radius 1 is 1.04 bits per heavy atom. The van der Waals surface area contributed by atoms with Gasteiger partial charge in [0.25, 0.3) is 11.8 Å². The Kier molecular flexibility index (Phi) is 3.71. The van der Waals surface area contributed by atoms with E-state index in [1.165, 1.54) is 11.3 Å². The highest BCUT2D eigenvalue weighted by molar-refractivity contribution is 7.21. The van der Waals surface area contributed by atoms with Crippen LogP contribution >= 0.6 is 22.9 Å². The summed E-state index contributed by atoms with van der Waals surface area (Å²) in [5.41, 5.74) is 6.09.